The number of hydrogen-bond acceptors (Lipinski definition) is 8. The second kappa shape index (κ2) is 10.2. The van der Waals surface area contributed by atoms with E-state index in [1.165, 1.54) is 0 Å². The second-order valence-electron chi connectivity index (χ2n) is 9.52. The number of nitrogens with one attached hydrogen (secondary N) is 2. The molecule has 2 aromatic carbocycles. The van der Waals surface area contributed by atoms with Crippen LogP contribution in [-0.2, 0) is 11.2 Å². The molecule has 4 heterocycles. The predicted molar refractivity (Wildman–Crippen MR) is 144 cm³/mol. The van der Waals surface area contributed by atoms with Crippen LogP contribution in [0, 0.1) is 0 Å². The molecule has 0 spiro atoms. The fourth-order valence-corrected chi connectivity index (χ4v) is 5.03. The van der Waals surface area contributed by atoms with Gasteiger partial charge in [0.05, 0.1) is 19.8 Å². The maximum Gasteiger partial charge on any atom is 0.316 e. The SMILES string of the molecule is COc1ncc(C(C)Nc2ccc3c(c2)Cc2cccc(C4CN(c5cc[nH]c(=O)c5)CCO4)c2O3)cn1. The van der Waals surface area contributed by atoms with E-state index in [0.29, 0.717) is 19.2 Å². The molecule has 2 aliphatic heterocycles. The average Bonchev–Trinajstić information content (AvgIpc) is 2.96. The van der Waals surface area contributed by atoms with Gasteiger partial charge < -0.3 is 29.4 Å². The number of morpholine rings is 1. The number of H-pyrrole nitrogens is 1. The monoisotopic (exact) mass is 511 g/mol. The van der Waals surface area contributed by atoms with Crippen molar-refractivity contribution in [3.63, 3.8) is 0 Å². The van der Waals surface area contributed by atoms with E-state index < -0.39 is 0 Å². The van der Waals surface area contributed by atoms with Gasteiger partial charge in [0, 0.05) is 72.2 Å². The number of nitrogens with zero attached hydrogens (tertiary/aromatic N) is 3. The number of hydrogen-bond donors (Lipinski definition) is 2. The number of aromatic amines is 1. The molecule has 194 valence electrons. The Bertz CT molecular complexity index is 1500. The van der Waals surface area contributed by atoms with Crippen molar-refractivity contribution >= 4 is 11.4 Å². The van der Waals surface area contributed by atoms with Crippen LogP contribution in [0.1, 0.15) is 41.3 Å². The molecule has 38 heavy (non-hydrogen) atoms. The summed E-state index contributed by atoms with van der Waals surface area (Å²) in [5.74, 6) is 1.71. The third-order valence-corrected chi connectivity index (χ3v) is 7.03. The van der Waals surface area contributed by atoms with E-state index in [9.17, 15) is 4.79 Å². The van der Waals surface area contributed by atoms with Gasteiger partial charge in [-0.25, -0.2) is 9.97 Å². The minimum atomic E-state index is -0.159. The minimum Gasteiger partial charge on any atom is -0.467 e. The van der Waals surface area contributed by atoms with Crippen molar-refractivity contribution in [2.45, 2.75) is 25.5 Å². The molecule has 0 saturated carbocycles. The van der Waals surface area contributed by atoms with Crippen LogP contribution in [0.15, 0.2) is 71.9 Å². The van der Waals surface area contributed by atoms with Crippen molar-refractivity contribution in [2.75, 3.05) is 37.0 Å². The van der Waals surface area contributed by atoms with Crippen LogP contribution >= 0.6 is 0 Å². The lowest BCUT2D eigenvalue weighted by Crippen LogP contribution is -2.39. The third kappa shape index (κ3) is 4.80. The van der Waals surface area contributed by atoms with Crippen molar-refractivity contribution in [3.8, 4) is 17.5 Å². The van der Waals surface area contributed by atoms with E-state index in [2.05, 4.69) is 56.4 Å². The molecule has 0 bridgehead atoms. The minimum absolute atomic E-state index is 0.0222. The highest BCUT2D eigenvalue weighted by molar-refractivity contribution is 5.59. The quantitative estimate of drug-likeness (QED) is 0.341. The van der Waals surface area contributed by atoms with Crippen LogP contribution in [0.25, 0.3) is 0 Å². The van der Waals surface area contributed by atoms with E-state index in [0.717, 1.165) is 58.1 Å². The lowest BCUT2D eigenvalue weighted by molar-refractivity contribution is 0.0384. The van der Waals surface area contributed by atoms with Gasteiger partial charge in [-0.05, 0) is 36.8 Å². The third-order valence-electron chi connectivity index (χ3n) is 7.03. The van der Waals surface area contributed by atoms with E-state index in [-0.39, 0.29) is 17.7 Å². The summed E-state index contributed by atoms with van der Waals surface area (Å²) in [6.07, 6.45) is 5.83. The fraction of sp³-hybridized carbons (Fsp3) is 0.276. The lowest BCUT2D eigenvalue weighted by Gasteiger charge is -2.36. The number of anilines is 2. The first-order valence-corrected chi connectivity index (χ1v) is 12.7. The van der Waals surface area contributed by atoms with Crippen molar-refractivity contribution in [2.24, 2.45) is 0 Å². The summed E-state index contributed by atoms with van der Waals surface area (Å²) < 4.78 is 17.7. The molecule has 4 aromatic rings. The Morgan fingerprint density at radius 3 is 2.82 bits per heavy atom. The van der Waals surface area contributed by atoms with Crippen LogP contribution in [0.5, 0.6) is 17.5 Å². The normalized spacial score (nSPS) is 17.1. The average molecular weight is 512 g/mol. The van der Waals surface area contributed by atoms with Gasteiger partial charge in [0.25, 0.3) is 0 Å². The number of benzene rings is 2. The van der Waals surface area contributed by atoms with E-state index >= 15 is 0 Å². The Hall–Kier alpha value is -4.37. The van der Waals surface area contributed by atoms with E-state index in [1.807, 2.05) is 18.2 Å². The predicted octanol–water partition coefficient (Wildman–Crippen LogP) is 4.62. The van der Waals surface area contributed by atoms with Gasteiger partial charge in [-0.15, -0.1) is 0 Å². The Morgan fingerprint density at radius 2 is 2.00 bits per heavy atom. The first-order valence-electron chi connectivity index (χ1n) is 12.7. The van der Waals surface area contributed by atoms with Gasteiger partial charge in [0.1, 0.15) is 17.6 Å². The van der Waals surface area contributed by atoms with Crippen molar-refractivity contribution in [3.05, 3.63) is 99.7 Å². The van der Waals surface area contributed by atoms with Gasteiger partial charge in [-0.1, -0.05) is 18.2 Å². The number of fused-ring (bicyclic) bond motifs is 2. The zero-order valence-corrected chi connectivity index (χ0v) is 21.3. The molecule has 2 aliphatic rings. The molecule has 9 heteroatoms. The van der Waals surface area contributed by atoms with Gasteiger partial charge in [-0.3, -0.25) is 4.79 Å². The highest BCUT2D eigenvalue weighted by Crippen LogP contribution is 2.43. The fourth-order valence-electron chi connectivity index (χ4n) is 5.03. The molecule has 1 saturated heterocycles. The molecule has 6 rings (SSSR count). The Balaban J connectivity index is 1.20. The molecular formula is C29H29N5O4. The van der Waals surface area contributed by atoms with Gasteiger partial charge in [-0.2, -0.15) is 0 Å². The first kappa shape index (κ1) is 24.0. The standard InChI is InChI=1S/C29H29N5O4/c1-18(21-15-31-29(36-2)32-16-21)33-22-6-7-25-20(13-22)12-19-4-3-5-24(28(19)38-25)26-17-34(10-11-37-26)23-8-9-30-27(35)14-23/h3-9,13-16,18,26,33H,10-12,17H2,1-2H3,(H,30,35). The van der Waals surface area contributed by atoms with Gasteiger partial charge >= 0.3 is 6.01 Å². The summed E-state index contributed by atoms with van der Waals surface area (Å²) in [5.41, 5.74) is 6.03. The summed E-state index contributed by atoms with van der Waals surface area (Å²) in [5, 5.41) is 3.53. The molecule has 2 N–H and O–H groups in total. The number of methoxy groups -OCH3 is 1. The van der Waals surface area contributed by atoms with Crippen LogP contribution in [0.4, 0.5) is 11.4 Å². The zero-order valence-electron chi connectivity index (χ0n) is 21.3. The number of pyridine rings is 1. The summed E-state index contributed by atoms with van der Waals surface area (Å²) in [6.45, 7) is 4.02. The largest absolute Gasteiger partial charge is 0.467 e. The Kier molecular flexibility index (Phi) is 6.43. The second-order valence-corrected chi connectivity index (χ2v) is 9.52. The Labute approximate surface area is 220 Å². The molecule has 2 unspecified atom stereocenters. The summed E-state index contributed by atoms with van der Waals surface area (Å²) in [7, 11) is 1.55. The summed E-state index contributed by atoms with van der Waals surface area (Å²) in [4.78, 5) is 25.1. The summed E-state index contributed by atoms with van der Waals surface area (Å²) in [6, 6.07) is 16.3. The smallest absolute Gasteiger partial charge is 0.316 e. The highest BCUT2D eigenvalue weighted by atomic mass is 16.5. The zero-order chi connectivity index (χ0) is 26.1. The maximum absolute atomic E-state index is 11.8. The Morgan fingerprint density at radius 1 is 1.13 bits per heavy atom. The molecule has 1 fully saturated rings. The van der Waals surface area contributed by atoms with Gasteiger partial charge in [0.15, 0.2) is 0 Å². The van der Waals surface area contributed by atoms with Crippen molar-refractivity contribution < 1.29 is 14.2 Å². The number of ether oxygens (including phenoxy) is 3. The highest BCUT2D eigenvalue weighted by Gasteiger charge is 2.29. The molecule has 0 amide bonds. The molecule has 2 aromatic heterocycles. The molecule has 9 nitrogen and oxygen atoms in total. The van der Waals surface area contributed by atoms with Crippen LogP contribution in [0.3, 0.4) is 0 Å². The molecule has 0 radical (unpaired) electrons. The van der Waals surface area contributed by atoms with Crippen LogP contribution in [-0.4, -0.2) is 41.8 Å². The summed E-state index contributed by atoms with van der Waals surface area (Å²) >= 11 is 0. The van der Waals surface area contributed by atoms with Crippen LogP contribution < -0.4 is 25.2 Å². The van der Waals surface area contributed by atoms with Crippen molar-refractivity contribution in [1.29, 1.82) is 0 Å². The molecular weight excluding hydrogens is 482 g/mol. The van der Waals surface area contributed by atoms with Crippen molar-refractivity contribution in [1.82, 2.24) is 15.0 Å². The number of para-hydroxylation sites is 1. The van der Waals surface area contributed by atoms with Gasteiger partial charge in [0.2, 0.25) is 5.56 Å². The topological polar surface area (TPSA) is 102 Å². The maximum atomic E-state index is 11.8. The van der Waals surface area contributed by atoms with Crippen LogP contribution in [0.2, 0.25) is 0 Å². The van der Waals surface area contributed by atoms with E-state index in [1.54, 1.807) is 31.8 Å². The first-order chi connectivity index (χ1) is 18.6. The molecule has 2 atom stereocenters. The number of rotatable bonds is 6. The number of aromatic nitrogens is 3. The molecule has 0 aliphatic carbocycles. The lowest BCUT2D eigenvalue weighted by atomic mass is 9.95. The van der Waals surface area contributed by atoms with E-state index in [4.69, 9.17) is 14.2 Å².